The van der Waals surface area contributed by atoms with E-state index in [9.17, 15) is 9.18 Å². The van der Waals surface area contributed by atoms with Gasteiger partial charge in [0.1, 0.15) is 11.6 Å². The molecule has 0 spiro atoms. The summed E-state index contributed by atoms with van der Waals surface area (Å²) in [5, 5.41) is 2.75. The maximum absolute atomic E-state index is 13.1. The number of nitrogens with two attached hydrogens (primary N) is 1. The highest BCUT2D eigenvalue weighted by Gasteiger charge is 2.07. The van der Waals surface area contributed by atoms with Gasteiger partial charge in [-0.1, -0.05) is 13.3 Å². The van der Waals surface area contributed by atoms with Gasteiger partial charge in [0, 0.05) is 6.54 Å². The number of halogens is 1. The molecule has 106 valence electrons. The summed E-state index contributed by atoms with van der Waals surface area (Å²) in [7, 11) is 0. The highest BCUT2D eigenvalue weighted by atomic mass is 19.1. The summed E-state index contributed by atoms with van der Waals surface area (Å²) in [6, 6.07) is 4.22. The van der Waals surface area contributed by atoms with E-state index in [2.05, 4.69) is 12.2 Å². The average Bonchev–Trinajstić information content (AvgIpc) is 2.38. The predicted molar refractivity (Wildman–Crippen MR) is 72.6 cm³/mol. The molecule has 0 radical (unpaired) electrons. The van der Waals surface area contributed by atoms with Gasteiger partial charge in [-0.25, -0.2) is 4.39 Å². The smallest absolute Gasteiger partial charge is 0.257 e. The molecule has 19 heavy (non-hydrogen) atoms. The molecule has 0 saturated carbocycles. The minimum absolute atomic E-state index is 0.0626. The van der Waals surface area contributed by atoms with Gasteiger partial charge >= 0.3 is 0 Å². The summed E-state index contributed by atoms with van der Waals surface area (Å²) in [6.07, 6.45) is 2.49. The lowest BCUT2D eigenvalue weighted by molar-refractivity contribution is -0.123. The largest absolute Gasteiger partial charge is 0.483 e. The molecule has 3 N–H and O–H groups in total. The molecule has 0 fully saturated rings. The van der Waals surface area contributed by atoms with E-state index in [4.69, 9.17) is 10.5 Å². The SMILES string of the molecule is CCCCNC(=O)COc1ccc(F)cc1CCN. The number of benzene rings is 1. The van der Waals surface area contributed by atoms with Crippen LogP contribution < -0.4 is 15.8 Å². The Bertz CT molecular complexity index is 410. The number of nitrogens with one attached hydrogen (secondary N) is 1. The third kappa shape index (κ3) is 5.70. The van der Waals surface area contributed by atoms with Crippen LogP contribution in [-0.4, -0.2) is 25.6 Å². The fourth-order valence-corrected chi connectivity index (χ4v) is 1.64. The second-order valence-electron chi connectivity index (χ2n) is 4.28. The molecular weight excluding hydrogens is 247 g/mol. The van der Waals surface area contributed by atoms with E-state index in [1.807, 2.05) is 0 Å². The maximum atomic E-state index is 13.1. The van der Waals surface area contributed by atoms with Gasteiger partial charge in [0.2, 0.25) is 0 Å². The van der Waals surface area contributed by atoms with Gasteiger partial charge in [-0.3, -0.25) is 4.79 Å². The molecule has 0 atom stereocenters. The molecule has 1 amide bonds. The Morgan fingerprint density at radius 1 is 1.47 bits per heavy atom. The van der Waals surface area contributed by atoms with E-state index >= 15 is 0 Å². The minimum atomic E-state index is -0.330. The van der Waals surface area contributed by atoms with Gasteiger partial charge < -0.3 is 15.8 Å². The quantitative estimate of drug-likeness (QED) is 0.704. The zero-order chi connectivity index (χ0) is 14.1. The van der Waals surface area contributed by atoms with Crippen LogP contribution in [0.3, 0.4) is 0 Å². The Hall–Kier alpha value is -1.62. The van der Waals surface area contributed by atoms with E-state index in [1.54, 1.807) is 0 Å². The number of amides is 1. The van der Waals surface area contributed by atoms with Gasteiger partial charge in [-0.15, -0.1) is 0 Å². The van der Waals surface area contributed by atoms with Crippen LogP contribution in [0, 0.1) is 5.82 Å². The summed E-state index contributed by atoms with van der Waals surface area (Å²) in [4.78, 5) is 11.5. The van der Waals surface area contributed by atoms with E-state index < -0.39 is 0 Å². The second kappa shape index (κ2) is 8.48. The molecule has 0 saturated heterocycles. The monoisotopic (exact) mass is 268 g/mol. The maximum Gasteiger partial charge on any atom is 0.257 e. The number of hydrogen-bond acceptors (Lipinski definition) is 3. The van der Waals surface area contributed by atoms with Crippen LogP contribution >= 0.6 is 0 Å². The predicted octanol–water partition coefficient (Wildman–Crippen LogP) is 1.62. The number of rotatable bonds is 8. The fourth-order valence-electron chi connectivity index (χ4n) is 1.64. The summed E-state index contributed by atoms with van der Waals surface area (Å²) >= 11 is 0. The summed E-state index contributed by atoms with van der Waals surface area (Å²) in [6.45, 7) is 3.05. The van der Waals surface area contributed by atoms with E-state index in [0.29, 0.717) is 30.8 Å². The Morgan fingerprint density at radius 3 is 2.95 bits per heavy atom. The molecular formula is C14H21FN2O2. The fraction of sp³-hybridized carbons (Fsp3) is 0.500. The van der Waals surface area contributed by atoms with Crippen LogP contribution in [0.2, 0.25) is 0 Å². The highest BCUT2D eigenvalue weighted by Crippen LogP contribution is 2.19. The number of carbonyl (C=O) groups is 1. The van der Waals surface area contributed by atoms with Crippen molar-refractivity contribution in [3.05, 3.63) is 29.6 Å². The second-order valence-corrected chi connectivity index (χ2v) is 4.28. The van der Waals surface area contributed by atoms with Crippen molar-refractivity contribution in [2.24, 2.45) is 5.73 Å². The lowest BCUT2D eigenvalue weighted by Gasteiger charge is -2.11. The first-order chi connectivity index (χ1) is 9.17. The van der Waals surface area contributed by atoms with Gasteiger partial charge in [0.05, 0.1) is 0 Å². The Labute approximate surface area is 113 Å². The van der Waals surface area contributed by atoms with Crippen molar-refractivity contribution in [2.45, 2.75) is 26.2 Å². The molecule has 0 unspecified atom stereocenters. The molecule has 0 aliphatic carbocycles. The molecule has 1 rings (SSSR count). The molecule has 0 bridgehead atoms. The van der Waals surface area contributed by atoms with Crippen molar-refractivity contribution in [2.75, 3.05) is 19.7 Å². The zero-order valence-corrected chi connectivity index (χ0v) is 11.2. The Morgan fingerprint density at radius 2 is 2.26 bits per heavy atom. The van der Waals surface area contributed by atoms with Gasteiger partial charge in [-0.05, 0) is 43.1 Å². The van der Waals surface area contributed by atoms with Crippen LogP contribution in [0.1, 0.15) is 25.3 Å². The molecule has 0 aliphatic rings. The van der Waals surface area contributed by atoms with E-state index in [-0.39, 0.29) is 18.3 Å². The molecule has 1 aromatic carbocycles. The van der Waals surface area contributed by atoms with Crippen LogP contribution in [0.15, 0.2) is 18.2 Å². The van der Waals surface area contributed by atoms with Crippen molar-refractivity contribution in [1.29, 1.82) is 0 Å². The van der Waals surface area contributed by atoms with E-state index in [0.717, 1.165) is 12.8 Å². The minimum Gasteiger partial charge on any atom is -0.483 e. The van der Waals surface area contributed by atoms with Crippen molar-refractivity contribution < 1.29 is 13.9 Å². The average molecular weight is 268 g/mol. The van der Waals surface area contributed by atoms with Gasteiger partial charge in [-0.2, -0.15) is 0 Å². The van der Waals surface area contributed by atoms with E-state index in [1.165, 1.54) is 18.2 Å². The van der Waals surface area contributed by atoms with Gasteiger partial charge in [0.15, 0.2) is 6.61 Å². The van der Waals surface area contributed by atoms with Crippen LogP contribution in [0.25, 0.3) is 0 Å². The molecule has 0 heterocycles. The van der Waals surface area contributed by atoms with Crippen molar-refractivity contribution >= 4 is 5.91 Å². The zero-order valence-electron chi connectivity index (χ0n) is 11.2. The lowest BCUT2D eigenvalue weighted by atomic mass is 10.1. The molecule has 1 aromatic rings. The normalized spacial score (nSPS) is 10.3. The van der Waals surface area contributed by atoms with Gasteiger partial charge in [0.25, 0.3) is 5.91 Å². The first-order valence-corrected chi connectivity index (χ1v) is 6.55. The number of unbranched alkanes of at least 4 members (excludes halogenated alkanes) is 1. The lowest BCUT2D eigenvalue weighted by Crippen LogP contribution is -2.29. The summed E-state index contributed by atoms with van der Waals surface area (Å²) in [5.74, 6) is 0.0113. The Kier molecular flexibility index (Phi) is 6.89. The molecule has 0 aliphatic heterocycles. The standard InChI is InChI=1S/C14H21FN2O2/c1-2-3-8-17-14(18)10-19-13-5-4-12(15)9-11(13)6-7-16/h4-5,9H,2-3,6-8,10,16H2,1H3,(H,17,18). The van der Waals surface area contributed by atoms with Crippen molar-refractivity contribution in [3.63, 3.8) is 0 Å². The third-order valence-electron chi connectivity index (χ3n) is 2.65. The molecule has 4 nitrogen and oxygen atoms in total. The number of ether oxygens (including phenoxy) is 1. The third-order valence-corrected chi connectivity index (χ3v) is 2.65. The van der Waals surface area contributed by atoms with Crippen molar-refractivity contribution in [3.8, 4) is 5.75 Å². The highest BCUT2D eigenvalue weighted by molar-refractivity contribution is 5.77. The van der Waals surface area contributed by atoms with Crippen LogP contribution in [0.5, 0.6) is 5.75 Å². The first-order valence-electron chi connectivity index (χ1n) is 6.55. The first kappa shape index (κ1) is 15.4. The molecule has 5 heteroatoms. The van der Waals surface area contributed by atoms with Crippen LogP contribution in [0.4, 0.5) is 4.39 Å². The number of hydrogen-bond donors (Lipinski definition) is 2. The number of carbonyl (C=O) groups excluding carboxylic acids is 1. The Balaban J connectivity index is 2.50. The molecule has 0 aromatic heterocycles. The van der Waals surface area contributed by atoms with Crippen molar-refractivity contribution in [1.82, 2.24) is 5.32 Å². The van der Waals surface area contributed by atoms with Crippen LogP contribution in [-0.2, 0) is 11.2 Å². The summed E-state index contributed by atoms with van der Waals surface area (Å²) in [5.41, 5.74) is 6.14. The summed E-state index contributed by atoms with van der Waals surface area (Å²) < 4.78 is 18.5. The topological polar surface area (TPSA) is 64.3 Å².